The maximum absolute atomic E-state index is 13.4. The van der Waals surface area contributed by atoms with Crippen molar-refractivity contribution in [3.63, 3.8) is 0 Å². The summed E-state index contributed by atoms with van der Waals surface area (Å²) < 4.78 is 18.8. The number of carbonyl (C=O) groups excluding carboxylic acids is 1. The van der Waals surface area contributed by atoms with Crippen molar-refractivity contribution >= 4 is 18.3 Å². The van der Waals surface area contributed by atoms with Crippen molar-refractivity contribution in [1.29, 1.82) is 0 Å². The number of halogens is 2. The van der Waals surface area contributed by atoms with Crippen LogP contribution in [0.25, 0.3) is 0 Å². The van der Waals surface area contributed by atoms with Crippen LogP contribution < -0.4 is 10.5 Å². The van der Waals surface area contributed by atoms with Gasteiger partial charge in [-0.2, -0.15) is 0 Å². The third-order valence-electron chi connectivity index (χ3n) is 4.89. The summed E-state index contributed by atoms with van der Waals surface area (Å²) in [5, 5.41) is 0. The van der Waals surface area contributed by atoms with Crippen LogP contribution in [0.3, 0.4) is 0 Å². The van der Waals surface area contributed by atoms with Gasteiger partial charge < -0.3 is 15.4 Å². The van der Waals surface area contributed by atoms with Gasteiger partial charge in [0, 0.05) is 25.6 Å². The van der Waals surface area contributed by atoms with Crippen LogP contribution in [-0.4, -0.2) is 36.5 Å². The molecule has 1 aromatic carbocycles. The van der Waals surface area contributed by atoms with Crippen molar-refractivity contribution in [2.24, 2.45) is 17.6 Å². The lowest BCUT2D eigenvalue weighted by molar-refractivity contribution is -0.130. The van der Waals surface area contributed by atoms with E-state index >= 15 is 0 Å². The van der Waals surface area contributed by atoms with Crippen molar-refractivity contribution < 1.29 is 13.9 Å². The molecule has 1 heterocycles. The summed E-state index contributed by atoms with van der Waals surface area (Å²) in [5.74, 6) is 1.12. The SMILES string of the molecule is Cl.NC1CCC2CN(C(=O)CCCOc3ccccc3F)CC12. The molecular formula is C17H24ClFN2O2. The molecule has 1 saturated heterocycles. The molecule has 1 aliphatic carbocycles. The van der Waals surface area contributed by atoms with Gasteiger partial charge in [-0.3, -0.25) is 4.79 Å². The number of carbonyl (C=O) groups is 1. The highest BCUT2D eigenvalue weighted by atomic mass is 35.5. The van der Waals surface area contributed by atoms with Gasteiger partial charge in [0.2, 0.25) is 5.91 Å². The molecule has 0 spiro atoms. The standard InChI is InChI=1S/C17H23FN2O2.ClH/c18-14-4-1-2-5-16(14)22-9-3-6-17(21)20-10-12-7-8-15(19)13(12)11-20;/h1-2,4-5,12-13,15H,3,6-11,19H2;1H. The highest BCUT2D eigenvalue weighted by Gasteiger charge is 2.42. The predicted molar refractivity (Wildman–Crippen MR) is 89.1 cm³/mol. The normalized spacial score (nSPS) is 25.8. The highest BCUT2D eigenvalue weighted by molar-refractivity contribution is 5.85. The molecule has 6 heteroatoms. The van der Waals surface area contributed by atoms with Gasteiger partial charge in [-0.1, -0.05) is 12.1 Å². The molecule has 128 valence electrons. The Morgan fingerprint density at radius 2 is 2.09 bits per heavy atom. The van der Waals surface area contributed by atoms with E-state index in [1.165, 1.54) is 6.07 Å². The lowest BCUT2D eigenvalue weighted by Crippen LogP contribution is -2.33. The van der Waals surface area contributed by atoms with E-state index in [0.717, 1.165) is 25.9 Å². The van der Waals surface area contributed by atoms with E-state index in [-0.39, 0.29) is 35.9 Å². The van der Waals surface area contributed by atoms with Crippen LogP contribution in [0.1, 0.15) is 25.7 Å². The zero-order valence-corrected chi connectivity index (χ0v) is 13.9. The zero-order chi connectivity index (χ0) is 15.5. The molecule has 2 N–H and O–H groups in total. The fourth-order valence-electron chi connectivity index (χ4n) is 3.64. The minimum Gasteiger partial charge on any atom is -0.491 e. The van der Waals surface area contributed by atoms with Gasteiger partial charge in [0.25, 0.3) is 0 Å². The first-order valence-electron chi connectivity index (χ1n) is 8.06. The number of ether oxygens (including phenoxy) is 1. The topological polar surface area (TPSA) is 55.6 Å². The second kappa shape index (κ2) is 7.97. The van der Waals surface area contributed by atoms with Crippen LogP contribution in [0, 0.1) is 17.7 Å². The monoisotopic (exact) mass is 342 g/mol. The second-order valence-corrected chi connectivity index (χ2v) is 6.35. The number of hydrogen-bond acceptors (Lipinski definition) is 3. The minimum atomic E-state index is -0.366. The molecule has 3 unspecified atom stereocenters. The number of para-hydroxylation sites is 1. The molecule has 23 heavy (non-hydrogen) atoms. The Morgan fingerprint density at radius 3 is 2.83 bits per heavy atom. The Hall–Kier alpha value is -1.33. The first-order valence-corrected chi connectivity index (χ1v) is 8.06. The highest BCUT2D eigenvalue weighted by Crippen LogP contribution is 2.37. The molecule has 1 aromatic rings. The van der Waals surface area contributed by atoms with Gasteiger partial charge in [0.1, 0.15) is 0 Å². The van der Waals surface area contributed by atoms with Crippen LogP contribution >= 0.6 is 12.4 Å². The average molecular weight is 343 g/mol. The lowest BCUT2D eigenvalue weighted by Gasteiger charge is -2.18. The number of nitrogens with two attached hydrogens (primary N) is 1. The quantitative estimate of drug-likeness (QED) is 0.837. The van der Waals surface area contributed by atoms with Gasteiger partial charge in [0.05, 0.1) is 6.61 Å². The van der Waals surface area contributed by atoms with E-state index in [1.54, 1.807) is 18.2 Å². The van der Waals surface area contributed by atoms with E-state index < -0.39 is 0 Å². The first-order chi connectivity index (χ1) is 10.6. The summed E-state index contributed by atoms with van der Waals surface area (Å²) in [6.45, 7) is 2.01. The number of likely N-dealkylation sites (tertiary alicyclic amines) is 1. The summed E-state index contributed by atoms with van der Waals surface area (Å²) in [6, 6.07) is 6.58. The van der Waals surface area contributed by atoms with Gasteiger partial charge >= 0.3 is 0 Å². The van der Waals surface area contributed by atoms with Crippen molar-refractivity contribution in [2.45, 2.75) is 31.7 Å². The molecule has 4 nitrogen and oxygen atoms in total. The van der Waals surface area contributed by atoms with Crippen LogP contribution in [0.4, 0.5) is 4.39 Å². The van der Waals surface area contributed by atoms with Crippen molar-refractivity contribution in [3.05, 3.63) is 30.1 Å². The van der Waals surface area contributed by atoms with Gasteiger partial charge in [-0.25, -0.2) is 4.39 Å². The maximum atomic E-state index is 13.4. The fourth-order valence-corrected chi connectivity index (χ4v) is 3.64. The number of rotatable bonds is 5. The van der Waals surface area contributed by atoms with Gasteiger partial charge in [-0.15, -0.1) is 12.4 Å². The molecule has 1 saturated carbocycles. The predicted octanol–water partition coefficient (Wildman–Crippen LogP) is 2.60. The number of benzene rings is 1. The third kappa shape index (κ3) is 4.15. The number of hydrogen-bond donors (Lipinski definition) is 1. The molecular weight excluding hydrogens is 319 g/mol. The average Bonchev–Trinajstić information content (AvgIpc) is 3.08. The van der Waals surface area contributed by atoms with Crippen LogP contribution in [0.2, 0.25) is 0 Å². The summed E-state index contributed by atoms with van der Waals surface area (Å²) in [6.07, 6.45) is 3.29. The van der Waals surface area contributed by atoms with E-state index in [4.69, 9.17) is 10.5 Å². The molecule has 0 radical (unpaired) electrons. The van der Waals surface area contributed by atoms with Crippen molar-refractivity contribution in [3.8, 4) is 5.75 Å². The first kappa shape index (κ1) is 18.0. The molecule has 1 aliphatic heterocycles. The van der Waals surface area contributed by atoms with Crippen LogP contribution in [-0.2, 0) is 4.79 Å². The van der Waals surface area contributed by atoms with E-state index in [9.17, 15) is 9.18 Å². The third-order valence-corrected chi connectivity index (χ3v) is 4.89. The fraction of sp³-hybridized carbons (Fsp3) is 0.588. The van der Waals surface area contributed by atoms with E-state index in [1.807, 2.05) is 4.90 Å². The summed E-state index contributed by atoms with van der Waals surface area (Å²) in [5.41, 5.74) is 6.09. The second-order valence-electron chi connectivity index (χ2n) is 6.35. The number of fused-ring (bicyclic) bond motifs is 1. The Labute approximate surface area is 142 Å². The minimum absolute atomic E-state index is 0. The Bertz CT molecular complexity index is 543. The molecule has 3 rings (SSSR count). The maximum Gasteiger partial charge on any atom is 0.222 e. The summed E-state index contributed by atoms with van der Waals surface area (Å²) in [4.78, 5) is 14.2. The molecule has 3 atom stereocenters. The van der Waals surface area contributed by atoms with Crippen molar-refractivity contribution in [1.82, 2.24) is 4.90 Å². The largest absolute Gasteiger partial charge is 0.491 e. The molecule has 2 fully saturated rings. The van der Waals surface area contributed by atoms with Gasteiger partial charge in [0.15, 0.2) is 11.6 Å². The lowest BCUT2D eigenvalue weighted by atomic mass is 9.98. The zero-order valence-electron chi connectivity index (χ0n) is 13.1. The van der Waals surface area contributed by atoms with Gasteiger partial charge in [-0.05, 0) is 43.2 Å². The smallest absolute Gasteiger partial charge is 0.222 e. The Balaban J connectivity index is 0.00000192. The van der Waals surface area contributed by atoms with Crippen LogP contribution in [0.5, 0.6) is 5.75 Å². The molecule has 0 aromatic heterocycles. The van der Waals surface area contributed by atoms with Crippen LogP contribution in [0.15, 0.2) is 24.3 Å². The van der Waals surface area contributed by atoms with E-state index in [2.05, 4.69) is 0 Å². The summed E-state index contributed by atoms with van der Waals surface area (Å²) in [7, 11) is 0. The molecule has 0 bridgehead atoms. The Morgan fingerprint density at radius 1 is 1.30 bits per heavy atom. The number of amides is 1. The Kier molecular flexibility index (Phi) is 6.25. The molecule has 1 amide bonds. The summed E-state index contributed by atoms with van der Waals surface area (Å²) >= 11 is 0. The van der Waals surface area contributed by atoms with Crippen molar-refractivity contribution in [2.75, 3.05) is 19.7 Å². The number of nitrogens with zero attached hydrogens (tertiary/aromatic N) is 1. The van der Waals surface area contributed by atoms with E-state index in [0.29, 0.717) is 31.3 Å². The molecule has 2 aliphatic rings.